The minimum Gasteiger partial charge on any atom is -0.479 e. The lowest BCUT2D eigenvalue weighted by Crippen LogP contribution is -2.45. The number of hydrogen-bond donors (Lipinski definition) is 4. The van der Waals surface area contributed by atoms with Crippen LogP contribution >= 0.6 is 23.2 Å². The third-order valence-corrected chi connectivity index (χ3v) is 7.62. The monoisotopic (exact) mass is 535 g/mol. The Morgan fingerprint density at radius 2 is 1.61 bits per heavy atom. The molecule has 0 saturated heterocycles. The van der Waals surface area contributed by atoms with Crippen molar-refractivity contribution >= 4 is 46.6 Å². The Morgan fingerprint density at radius 1 is 1.00 bits per heavy atom. The fourth-order valence-electron chi connectivity index (χ4n) is 4.62. The quantitative estimate of drug-likeness (QED) is 0.309. The van der Waals surface area contributed by atoms with Gasteiger partial charge in [0.15, 0.2) is 6.10 Å². The average molecular weight is 537 g/mol. The van der Waals surface area contributed by atoms with E-state index in [-0.39, 0.29) is 24.0 Å². The van der Waals surface area contributed by atoms with E-state index in [9.17, 15) is 14.7 Å². The summed E-state index contributed by atoms with van der Waals surface area (Å²) in [5, 5.41) is 25.0. The summed E-state index contributed by atoms with van der Waals surface area (Å²) in [4.78, 5) is 26.1. The summed E-state index contributed by atoms with van der Waals surface area (Å²) in [5.74, 6) is -0.649. The van der Waals surface area contributed by atoms with Gasteiger partial charge in [-0.05, 0) is 72.9 Å². The number of rotatable bonds is 8. The molecule has 1 atom stereocenters. The SMILES string of the molecule is CC(C)(C)C1CCC(N(Cc2ccc(NC[C@@H](O)C(=O)O)cc2)C(=O)Nc2ccc(Cl)c(Cl)c2)CC1. The van der Waals surface area contributed by atoms with Gasteiger partial charge in [0.2, 0.25) is 0 Å². The number of hydrogen-bond acceptors (Lipinski definition) is 4. The number of carboxylic acid groups (broad SMARTS) is 1. The van der Waals surface area contributed by atoms with Crippen LogP contribution in [0.3, 0.4) is 0 Å². The molecular formula is C27H35Cl2N3O4. The number of amides is 2. The van der Waals surface area contributed by atoms with Crippen LogP contribution in [-0.2, 0) is 11.3 Å². The van der Waals surface area contributed by atoms with Crippen LogP contribution in [0.2, 0.25) is 10.0 Å². The van der Waals surface area contributed by atoms with Crippen molar-refractivity contribution in [2.75, 3.05) is 17.2 Å². The maximum atomic E-state index is 13.4. The van der Waals surface area contributed by atoms with Crippen LogP contribution in [0.25, 0.3) is 0 Å². The van der Waals surface area contributed by atoms with E-state index in [2.05, 4.69) is 31.4 Å². The predicted molar refractivity (Wildman–Crippen MR) is 145 cm³/mol. The molecule has 3 rings (SSSR count). The van der Waals surface area contributed by atoms with Crippen molar-refractivity contribution in [3.05, 3.63) is 58.1 Å². The van der Waals surface area contributed by atoms with Crippen LogP contribution in [0.1, 0.15) is 52.0 Å². The highest BCUT2D eigenvalue weighted by Gasteiger charge is 2.33. The number of aliphatic hydroxyl groups excluding tert-OH is 1. The molecule has 0 bridgehead atoms. The third-order valence-electron chi connectivity index (χ3n) is 6.89. The molecule has 2 amide bonds. The topological polar surface area (TPSA) is 102 Å². The highest BCUT2D eigenvalue weighted by atomic mass is 35.5. The lowest BCUT2D eigenvalue weighted by Gasteiger charge is -2.41. The molecule has 2 aromatic carbocycles. The normalized spacial score (nSPS) is 18.8. The molecule has 0 radical (unpaired) electrons. The molecular weight excluding hydrogens is 501 g/mol. The van der Waals surface area contributed by atoms with Crippen molar-refractivity contribution in [1.82, 2.24) is 4.90 Å². The van der Waals surface area contributed by atoms with Crippen LogP contribution in [-0.4, -0.2) is 45.8 Å². The molecule has 0 aliphatic heterocycles. The molecule has 0 heterocycles. The van der Waals surface area contributed by atoms with Crippen LogP contribution in [0.4, 0.5) is 16.2 Å². The van der Waals surface area contributed by atoms with E-state index < -0.39 is 12.1 Å². The zero-order valence-corrected chi connectivity index (χ0v) is 22.4. The van der Waals surface area contributed by atoms with Crippen molar-refractivity contribution in [2.24, 2.45) is 11.3 Å². The second kappa shape index (κ2) is 12.2. The highest BCUT2D eigenvalue weighted by Crippen LogP contribution is 2.39. The van der Waals surface area contributed by atoms with E-state index in [0.29, 0.717) is 33.9 Å². The molecule has 4 N–H and O–H groups in total. The fraction of sp³-hybridized carbons (Fsp3) is 0.481. The predicted octanol–water partition coefficient (Wildman–Crippen LogP) is 6.49. The van der Waals surface area contributed by atoms with E-state index in [1.165, 1.54) is 0 Å². The Bertz CT molecular complexity index is 1050. The van der Waals surface area contributed by atoms with Gasteiger partial charge in [0.05, 0.1) is 16.6 Å². The van der Waals surface area contributed by atoms with Crippen molar-refractivity contribution < 1.29 is 19.8 Å². The number of aliphatic carboxylic acids is 1. The molecule has 1 aliphatic rings. The number of urea groups is 1. The second-order valence-corrected chi connectivity index (χ2v) is 11.3. The number of nitrogens with one attached hydrogen (secondary N) is 2. The first-order chi connectivity index (χ1) is 16.9. The number of carboxylic acids is 1. The third kappa shape index (κ3) is 7.76. The van der Waals surface area contributed by atoms with E-state index in [1.807, 2.05) is 29.2 Å². The molecule has 0 spiro atoms. The maximum absolute atomic E-state index is 13.4. The number of benzene rings is 2. The Kier molecular flexibility index (Phi) is 9.50. The summed E-state index contributed by atoms with van der Waals surface area (Å²) in [6.45, 7) is 7.16. The summed E-state index contributed by atoms with van der Waals surface area (Å²) in [6, 6.07) is 12.4. The van der Waals surface area contributed by atoms with Gasteiger partial charge in [-0.25, -0.2) is 9.59 Å². The lowest BCUT2D eigenvalue weighted by molar-refractivity contribution is -0.145. The summed E-state index contributed by atoms with van der Waals surface area (Å²) < 4.78 is 0. The Hall–Kier alpha value is -2.48. The molecule has 2 aromatic rings. The fourth-order valence-corrected chi connectivity index (χ4v) is 4.91. The smallest absolute Gasteiger partial charge is 0.334 e. The standard InChI is InChI=1S/C27H35Cl2N3O4/c1-27(2,3)18-6-11-21(12-7-18)32(26(36)31-20-10-13-22(28)23(29)14-20)16-17-4-8-19(9-5-17)30-15-24(33)25(34)35/h4-5,8-10,13-14,18,21,24,30,33H,6-7,11-12,15-16H2,1-3H3,(H,31,36)(H,34,35)/t18?,21?,24-/m1/s1. The van der Waals surface area contributed by atoms with E-state index in [1.54, 1.807) is 18.2 Å². The number of carbonyl (C=O) groups is 2. The Morgan fingerprint density at radius 3 is 2.17 bits per heavy atom. The van der Waals surface area contributed by atoms with E-state index in [4.69, 9.17) is 28.3 Å². The van der Waals surface area contributed by atoms with Crippen LogP contribution < -0.4 is 10.6 Å². The van der Waals surface area contributed by atoms with Gasteiger partial charge in [0, 0.05) is 24.0 Å². The number of carbonyl (C=O) groups excluding carboxylic acids is 1. The Labute approximate surface area is 222 Å². The first-order valence-corrected chi connectivity index (χ1v) is 13.0. The highest BCUT2D eigenvalue weighted by molar-refractivity contribution is 6.42. The van der Waals surface area contributed by atoms with Crippen LogP contribution in [0, 0.1) is 11.3 Å². The molecule has 1 fully saturated rings. The van der Waals surface area contributed by atoms with Crippen LogP contribution in [0.5, 0.6) is 0 Å². The summed E-state index contributed by atoms with van der Waals surface area (Å²) in [5.41, 5.74) is 2.47. The minimum absolute atomic E-state index is 0.0934. The minimum atomic E-state index is -1.48. The molecule has 1 aliphatic carbocycles. The van der Waals surface area contributed by atoms with Gasteiger partial charge in [0.25, 0.3) is 0 Å². The molecule has 36 heavy (non-hydrogen) atoms. The summed E-state index contributed by atoms with van der Waals surface area (Å²) in [7, 11) is 0. The molecule has 1 saturated carbocycles. The van der Waals surface area contributed by atoms with Crippen molar-refractivity contribution in [1.29, 1.82) is 0 Å². The van der Waals surface area contributed by atoms with Gasteiger partial charge < -0.3 is 25.7 Å². The van der Waals surface area contributed by atoms with E-state index in [0.717, 1.165) is 31.2 Å². The van der Waals surface area contributed by atoms with E-state index >= 15 is 0 Å². The van der Waals surface area contributed by atoms with Crippen molar-refractivity contribution in [3.8, 4) is 0 Å². The molecule has 196 valence electrons. The van der Waals surface area contributed by atoms with Gasteiger partial charge >= 0.3 is 12.0 Å². The molecule has 0 unspecified atom stereocenters. The zero-order chi connectivity index (χ0) is 26.5. The Balaban J connectivity index is 1.73. The lowest BCUT2D eigenvalue weighted by atomic mass is 9.71. The van der Waals surface area contributed by atoms with Gasteiger partial charge in [-0.3, -0.25) is 0 Å². The average Bonchev–Trinajstić information content (AvgIpc) is 2.83. The van der Waals surface area contributed by atoms with Crippen molar-refractivity contribution in [3.63, 3.8) is 0 Å². The summed E-state index contributed by atoms with van der Waals surface area (Å²) >= 11 is 12.2. The number of nitrogens with zero attached hydrogens (tertiary/aromatic N) is 1. The van der Waals surface area contributed by atoms with Gasteiger partial charge in [-0.1, -0.05) is 56.1 Å². The molecule has 0 aromatic heterocycles. The molecule has 7 nitrogen and oxygen atoms in total. The largest absolute Gasteiger partial charge is 0.479 e. The molecule has 9 heteroatoms. The maximum Gasteiger partial charge on any atom is 0.334 e. The number of halogens is 2. The van der Waals surface area contributed by atoms with Crippen molar-refractivity contribution in [2.45, 2.75) is 65.1 Å². The summed E-state index contributed by atoms with van der Waals surface area (Å²) in [6.07, 6.45) is 2.53. The van der Waals surface area contributed by atoms with Crippen LogP contribution in [0.15, 0.2) is 42.5 Å². The second-order valence-electron chi connectivity index (χ2n) is 10.5. The number of aliphatic hydroxyl groups is 1. The first-order valence-electron chi connectivity index (χ1n) is 12.2. The first kappa shape index (κ1) is 28.1. The van der Waals surface area contributed by atoms with Gasteiger partial charge in [-0.15, -0.1) is 0 Å². The number of anilines is 2. The van der Waals surface area contributed by atoms with Gasteiger partial charge in [0.1, 0.15) is 0 Å². The zero-order valence-electron chi connectivity index (χ0n) is 20.9. The van der Waals surface area contributed by atoms with Gasteiger partial charge in [-0.2, -0.15) is 0 Å².